The number of hydrogen-bond acceptors (Lipinski definition) is 2. The van der Waals surface area contributed by atoms with Gasteiger partial charge >= 0.3 is 0 Å². The molecule has 0 heterocycles. The molecule has 0 radical (unpaired) electrons. The highest BCUT2D eigenvalue weighted by Gasteiger charge is 2.19. The second-order valence-corrected chi connectivity index (χ2v) is 4.04. The van der Waals surface area contributed by atoms with Crippen LogP contribution in [0.2, 0.25) is 0 Å². The molecule has 0 aromatic heterocycles. The van der Waals surface area contributed by atoms with Crippen LogP contribution < -0.4 is 10.1 Å². The third-order valence-electron chi connectivity index (χ3n) is 3.05. The Bertz CT molecular complexity index is 413. The predicted molar refractivity (Wildman–Crippen MR) is 63.9 cm³/mol. The fourth-order valence-corrected chi connectivity index (χ4v) is 2.18. The van der Waals surface area contributed by atoms with Gasteiger partial charge in [0.15, 0.2) is 0 Å². The molecule has 3 heteroatoms. The van der Waals surface area contributed by atoms with Crippen LogP contribution in [-0.2, 0) is 17.6 Å². The number of hydrogen-bond donors (Lipinski definition) is 1. The van der Waals surface area contributed by atoms with E-state index in [4.69, 9.17) is 4.74 Å². The van der Waals surface area contributed by atoms with Gasteiger partial charge in [-0.1, -0.05) is 13.0 Å². The molecule has 0 bridgehead atoms. The topological polar surface area (TPSA) is 38.3 Å². The van der Waals surface area contributed by atoms with E-state index in [2.05, 4.69) is 11.4 Å². The third-order valence-corrected chi connectivity index (χ3v) is 3.05. The summed E-state index contributed by atoms with van der Waals surface area (Å²) in [7, 11) is 1.64. The maximum absolute atomic E-state index is 11.5. The Morgan fingerprint density at radius 2 is 2.25 bits per heavy atom. The van der Waals surface area contributed by atoms with Crippen LogP contribution in [0, 0.1) is 0 Å². The smallest absolute Gasteiger partial charge is 0.224 e. The summed E-state index contributed by atoms with van der Waals surface area (Å²) in [6.45, 7) is 1.85. The Labute approximate surface area is 95.8 Å². The molecule has 0 aliphatic heterocycles. The van der Waals surface area contributed by atoms with Crippen LogP contribution in [0.1, 0.15) is 30.9 Å². The standard InChI is InChI=1S/C13H17NO2/c1-3-12(15)14-13-10-6-4-5-9(10)7-8-11(13)16-2/h7-8H,3-6H2,1-2H3,(H,14,15). The largest absolute Gasteiger partial charge is 0.495 e. The number of anilines is 1. The molecule has 1 aromatic carbocycles. The second kappa shape index (κ2) is 4.56. The van der Waals surface area contributed by atoms with E-state index in [9.17, 15) is 4.79 Å². The van der Waals surface area contributed by atoms with Crippen LogP contribution in [0.15, 0.2) is 12.1 Å². The molecule has 86 valence electrons. The van der Waals surface area contributed by atoms with Crippen molar-refractivity contribution in [2.45, 2.75) is 32.6 Å². The lowest BCUT2D eigenvalue weighted by Gasteiger charge is -2.14. The van der Waals surface area contributed by atoms with Crippen LogP contribution in [0.25, 0.3) is 0 Å². The van der Waals surface area contributed by atoms with Crippen LogP contribution in [0.4, 0.5) is 5.69 Å². The Morgan fingerprint density at radius 1 is 1.44 bits per heavy atom. The molecule has 2 rings (SSSR count). The Hall–Kier alpha value is -1.51. The zero-order chi connectivity index (χ0) is 11.5. The monoisotopic (exact) mass is 219 g/mol. The fraction of sp³-hybridized carbons (Fsp3) is 0.462. The first-order chi connectivity index (χ1) is 7.76. The summed E-state index contributed by atoms with van der Waals surface area (Å²) in [4.78, 5) is 11.5. The average Bonchev–Trinajstić information content (AvgIpc) is 2.77. The van der Waals surface area contributed by atoms with E-state index in [0.29, 0.717) is 6.42 Å². The summed E-state index contributed by atoms with van der Waals surface area (Å²) in [6, 6.07) is 4.04. The van der Waals surface area contributed by atoms with E-state index >= 15 is 0 Å². The van der Waals surface area contributed by atoms with Gasteiger partial charge in [-0.15, -0.1) is 0 Å². The molecule has 1 aromatic rings. The molecule has 1 aliphatic carbocycles. The number of benzene rings is 1. The highest BCUT2D eigenvalue weighted by atomic mass is 16.5. The number of ether oxygens (including phenoxy) is 1. The first-order valence-corrected chi connectivity index (χ1v) is 5.74. The van der Waals surface area contributed by atoms with E-state index in [1.54, 1.807) is 7.11 Å². The van der Waals surface area contributed by atoms with Gasteiger partial charge in [0.05, 0.1) is 12.8 Å². The lowest BCUT2D eigenvalue weighted by atomic mass is 10.1. The minimum absolute atomic E-state index is 0.0404. The molecular weight excluding hydrogens is 202 g/mol. The summed E-state index contributed by atoms with van der Waals surface area (Å²) in [5.74, 6) is 0.807. The summed E-state index contributed by atoms with van der Waals surface area (Å²) in [5.41, 5.74) is 3.47. The maximum atomic E-state index is 11.5. The lowest BCUT2D eigenvalue weighted by Crippen LogP contribution is -2.12. The SMILES string of the molecule is CCC(=O)Nc1c(OC)ccc2c1CCC2. The Balaban J connectivity index is 2.39. The molecule has 0 fully saturated rings. The van der Waals surface area contributed by atoms with Crippen LogP contribution in [0.5, 0.6) is 5.75 Å². The van der Waals surface area contributed by atoms with Crippen molar-refractivity contribution in [1.82, 2.24) is 0 Å². The van der Waals surface area contributed by atoms with Gasteiger partial charge in [0.1, 0.15) is 5.75 Å². The zero-order valence-corrected chi connectivity index (χ0v) is 9.80. The lowest BCUT2D eigenvalue weighted by molar-refractivity contribution is -0.115. The van der Waals surface area contributed by atoms with E-state index in [1.807, 2.05) is 13.0 Å². The van der Waals surface area contributed by atoms with Gasteiger partial charge in [0.25, 0.3) is 0 Å². The van der Waals surface area contributed by atoms with Crippen molar-refractivity contribution in [3.05, 3.63) is 23.3 Å². The number of methoxy groups -OCH3 is 1. The molecule has 3 nitrogen and oxygen atoms in total. The van der Waals surface area contributed by atoms with Gasteiger partial charge in [-0.05, 0) is 36.5 Å². The van der Waals surface area contributed by atoms with Crippen molar-refractivity contribution in [1.29, 1.82) is 0 Å². The van der Waals surface area contributed by atoms with E-state index in [-0.39, 0.29) is 5.91 Å². The average molecular weight is 219 g/mol. The number of rotatable bonds is 3. The minimum Gasteiger partial charge on any atom is -0.495 e. The van der Waals surface area contributed by atoms with Crippen LogP contribution >= 0.6 is 0 Å². The van der Waals surface area contributed by atoms with E-state index in [1.165, 1.54) is 11.1 Å². The zero-order valence-electron chi connectivity index (χ0n) is 9.80. The van der Waals surface area contributed by atoms with Crippen molar-refractivity contribution in [2.24, 2.45) is 0 Å². The molecular formula is C13H17NO2. The minimum atomic E-state index is 0.0404. The molecule has 16 heavy (non-hydrogen) atoms. The molecule has 1 aliphatic rings. The van der Waals surface area contributed by atoms with Crippen molar-refractivity contribution in [3.63, 3.8) is 0 Å². The molecule has 0 saturated carbocycles. The van der Waals surface area contributed by atoms with Gasteiger partial charge < -0.3 is 10.1 Å². The van der Waals surface area contributed by atoms with E-state index in [0.717, 1.165) is 30.7 Å². The number of nitrogens with one attached hydrogen (secondary N) is 1. The number of carbonyl (C=O) groups excluding carboxylic acids is 1. The van der Waals surface area contributed by atoms with Crippen LogP contribution in [-0.4, -0.2) is 13.0 Å². The molecule has 0 spiro atoms. The van der Waals surface area contributed by atoms with Gasteiger partial charge in [-0.2, -0.15) is 0 Å². The first-order valence-electron chi connectivity index (χ1n) is 5.74. The van der Waals surface area contributed by atoms with Gasteiger partial charge in [-0.3, -0.25) is 4.79 Å². The molecule has 1 amide bonds. The highest BCUT2D eigenvalue weighted by Crippen LogP contribution is 2.36. The van der Waals surface area contributed by atoms with Gasteiger partial charge in [0, 0.05) is 6.42 Å². The second-order valence-electron chi connectivity index (χ2n) is 4.04. The molecule has 1 N–H and O–H groups in total. The molecule has 0 unspecified atom stereocenters. The Kier molecular flexibility index (Phi) is 3.13. The Morgan fingerprint density at radius 3 is 2.94 bits per heavy atom. The highest BCUT2D eigenvalue weighted by molar-refractivity contribution is 5.93. The summed E-state index contributed by atoms with van der Waals surface area (Å²) < 4.78 is 5.30. The normalized spacial score (nSPS) is 13.4. The third kappa shape index (κ3) is 1.90. The maximum Gasteiger partial charge on any atom is 0.224 e. The van der Waals surface area contributed by atoms with Crippen LogP contribution in [0.3, 0.4) is 0 Å². The quantitative estimate of drug-likeness (QED) is 0.848. The predicted octanol–water partition coefficient (Wildman–Crippen LogP) is 2.53. The number of fused-ring (bicyclic) bond motifs is 1. The van der Waals surface area contributed by atoms with Crippen molar-refractivity contribution in [2.75, 3.05) is 12.4 Å². The summed E-state index contributed by atoms with van der Waals surface area (Å²) >= 11 is 0. The van der Waals surface area contributed by atoms with Crippen molar-refractivity contribution >= 4 is 11.6 Å². The number of amides is 1. The summed E-state index contributed by atoms with van der Waals surface area (Å²) in [5, 5.41) is 2.95. The van der Waals surface area contributed by atoms with Gasteiger partial charge in [-0.25, -0.2) is 0 Å². The van der Waals surface area contributed by atoms with E-state index < -0.39 is 0 Å². The first kappa shape index (κ1) is 11.0. The molecule has 0 atom stereocenters. The van der Waals surface area contributed by atoms with Crippen molar-refractivity contribution in [3.8, 4) is 5.75 Å². The summed E-state index contributed by atoms with van der Waals surface area (Å²) in [6.07, 6.45) is 3.80. The number of aryl methyl sites for hydroxylation is 1. The number of carbonyl (C=O) groups is 1. The molecule has 0 saturated heterocycles. The van der Waals surface area contributed by atoms with Gasteiger partial charge in [0.2, 0.25) is 5.91 Å². The van der Waals surface area contributed by atoms with Crippen molar-refractivity contribution < 1.29 is 9.53 Å². The fourth-order valence-electron chi connectivity index (χ4n) is 2.18.